The summed E-state index contributed by atoms with van der Waals surface area (Å²) in [5.41, 5.74) is 4.65. The van der Waals surface area contributed by atoms with Crippen molar-refractivity contribution < 1.29 is 9.59 Å². The predicted molar refractivity (Wildman–Crippen MR) is 192 cm³/mol. The minimum Gasteiger partial charge on any atom is -0.344 e. The lowest BCUT2D eigenvalue weighted by atomic mass is 9.83. The third-order valence-corrected chi connectivity index (χ3v) is 10.6. The van der Waals surface area contributed by atoms with Crippen molar-refractivity contribution >= 4 is 40.3 Å². The van der Waals surface area contributed by atoms with Crippen LogP contribution in [0.3, 0.4) is 0 Å². The zero-order chi connectivity index (χ0) is 33.5. The summed E-state index contributed by atoms with van der Waals surface area (Å²) in [7, 11) is 1.90. The second-order valence-electron chi connectivity index (χ2n) is 12.7. The molecule has 10 heteroatoms. The number of carbonyl (C=O) groups excluding carboxylic acids is 2. The van der Waals surface area contributed by atoms with E-state index in [1.54, 1.807) is 22.8 Å². The molecule has 0 unspecified atom stereocenters. The number of aromatic nitrogens is 4. The smallest absolute Gasteiger partial charge is 0.247 e. The topological polar surface area (TPSA) is 114 Å². The summed E-state index contributed by atoms with van der Waals surface area (Å²) in [6, 6.07) is 27.4. The van der Waals surface area contributed by atoms with Crippen LogP contribution in [-0.4, -0.2) is 55.9 Å². The van der Waals surface area contributed by atoms with Crippen LogP contribution >= 0.6 is 11.8 Å². The molecule has 4 atom stereocenters. The Bertz CT molecular complexity index is 1790. The van der Waals surface area contributed by atoms with E-state index in [0.717, 1.165) is 70.0 Å². The minimum atomic E-state index is -0.801. The lowest BCUT2D eigenvalue weighted by molar-refractivity contribution is -0.125. The summed E-state index contributed by atoms with van der Waals surface area (Å²) in [6.07, 6.45) is 6.43. The zero-order valence-electron chi connectivity index (χ0n) is 27.7. The van der Waals surface area contributed by atoms with Gasteiger partial charge in [-0.15, -0.1) is 11.8 Å². The number of hydrogen-bond donors (Lipinski definition) is 3. The quantitative estimate of drug-likeness (QED) is 0.111. The van der Waals surface area contributed by atoms with Gasteiger partial charge < -0.3 is 16.0 Å². The Balaban J connectivity index is 1.13. The Morgan fingerprint density at radius 2 is 1.67 bits per heavy atom. The van der Waals surface area contributed by atoms with Crippen LogP contribution in [0.1, 0.15) is 49.3 Å². The van der Waals surface area contributed by atoms with Crippen molar-refractivity contribution in [1.82, 2.24) is 30.4 Å². The first-order chi connectivity index (χ1) is 23.4. The molecule has 9 nitrogen and oxygen atoms in total. The first-order valence-corrected chi connectivity index (χ1v) is 17.6. The summed E-state index contributed by atoms with van der Waals surface area (Å²) in [4.78, 5) is 35.5. The van der Waals surface area contributed by atoms with E-state index >= 15 is 0 Å². The molecule has 1 aliphatic heterocycles. The fraction of sp³-hybridized carbons (Fsp3) is 0.342. The van der Waals surface area contributed by atoms with Gasteiger partial charge in [0.05, 0.1) is 11.6 Å². The van der Waals surface area contributed by atoms with Gasteiger partial charge in [-0.25, -0.2) is 9.97 Å². The van der Waals surface area contributed by atoms with Crippen LogP contribution in [0.5, 0.6) is 0 Å². The molecule has 0 radical (unpaired) electrons. The molecule has 1 fully saturated rings. The summed E-state index contributed by atoms with van der Waals surface area (Å²) in [5, 5.41) is 16.3. The highest BCUT2D eigenvalue weighted by molar-refractivity contribution is 7.99. The molecule has 0 bridgehead atoms. The molecule has 2 aromatic heterocycles. The number of carbonyl (C=O) groups is 2. The Hall–Kier alpha value is -4.54. The van der Waals surface area contributed by atoms with Crippen molar-refractivity contribution in [2.24, 2.45) is 18.9 Å². The Kier molecular flexibility index (Phi) is 10.8. The number of rotatable bonds is 12. The van der Waals surface area contributed by atoms with Gasteiger partial charge in [0.25, 0.3) is 0 Å². The maximum Gasteiger partial charge on any atom is 0.247 e. The number of thioether (sulfide) groups is 1. The molecular formula is C38H43N7O2S. The van der Waals surface area contributed by atoms with Gasteiger partial charge in [-0.3, -0.25) is 14.3 Å². The number of fused-ring (bicyclic) bond motifs is 1. The highest BCUT2D eigenvalue weighted by Gasteiger charge is 2.32. The van der Waals surface area contributed by atoms with E-state index < -0.39 is 6.04 Å². The molecule has 0 aliphatic carbocycles. The Morgan fingerprint density at radius 1 is 0.979 bits per heavy atom. The fourth-order valence-corrected chi connectivity index (χ4v) is 7.97. The molecule has 3 heterocycles. The second kappa shape index (κ2) is 15.6. The average Bonchev–Trinajstić information content (AvgIpc) is 3.49. The summed E-state index contributed by atoms with van der Waals surface area (Å²) in [5.74, 6) is 1.12. The molecule has 2 amide bonds. The van der Waals surface area contributed by atoms with E-state index in [4.69, 9.17) is 0 Å². The van der Waals surface area contributed by atoms with Crippen LogP contribution in [-0.2, 0) is 23.1 Å². The SMILES string of the molecule is CC(=O)N[C@H](C(=O)Nc1ccccc1CC[C@@H]1CN[C@H](C)[C@@H](CSc2ncnc3c2cnn3C)C1)C(c1ccccc1)c1ccccc1. The highest BCUT2D eigenvalue weighted by atomic mass is 32.2. The molecular weight excluding hydrogens is 619 g/mol. The number of amides is 2. The van der Waals surface area contributed by atoms with E-state index in [-0.39, 0.29) is 17.7 Å². The van der Waals surface area contributed by atoms with Crippen LogP contribution in [0, 0.1) is 11.8 Å². The molecule has 248 valence electrons. The first-order valence-electron chi connectivity index (χ1n) is 16.6. The van der Waals surface area contributed by atoms with Crippen molar-refractivity contribution in [1.29, 1.82) is 0 Å². The molecule has 1 saturated heterocycles. The van der Waals surface area contributed by atoms with Crippen LogP contribution in [0.2, 0.25) is 0 Å². The van der Waals surface area contributed by atoms with E-state index in [1.807, 2.05) is 92.1 Å². The first kappa shape index (κ1) is 33.4. The summed E-state index contributed by atoms with van der Waals surface area (Å²) >= 11 is 1.78. The molecule has 6 rings (SSSR count). The van der Waals surface area contributed by atoms with Crippen molar-refractivity contribution in [2.45, 2.75) is 56.1 Å². The fourth-order valence-electron chi connectivity index (χ4n) is 6.76. The number of aryl methyl sites for hydroxylation is 2. The number of piperidine rings is 1. The molecule has 3 aromatic carbocycles. The van der Waals surface area contributed by atoms with Gasteiger partial charge in [-0.05, 0) is 67.3 Å². The highest BCUT2D eigenvalue weighted by Crippen LogP contribution is 2.33. The molecule has 48 heavy (non-hydrogen) atoms. The van der Waals surface area contributed by atoms with E-state index in [0.29, 0.717) is 17.9 Å². The van der Waals surface area contributed by atoms with Gasteiger partial charge in [-0.1, -0.05) is 78.9 Å². The number of nitrogens with one attached hydrogen (secondary N) is 3. The van der Waals surface area contributed by atoms with Gasteiger partial charge in [0, 0.05) is 37.4 Å². The number of para-hydroxylation sites is 1. The van der Waals surface area contributed by atoms with Crippen molar-refractivity contribution in [3.05, 3.63) is 114 Å². The summed E-state index contributed by atoms with van der Waals surface area (Å²) in [6.45, 7) is 4.70. The molecule has 0 saturated carbocycles. The molecule has 5 aromatic rings. The second-order valence-corrected chi connectivity index (χ2v) is 13.7. The van der Waals surface area contributed by atoms with Crippen LogP contribution in [0.25, 0.3) is 11.0 Å². The maximum atomic E-state index is 14.1. The molecule has 3 N–H and O–H groups in total. The van der Waals surface area contributed by atoms with Crippen molar-refractivity contribution in [3.63, 3.8) is 0 Å². The van der Waals surface area contributed by atoms with E-state index in [2.05, 4.69) is 44.0 Å². The van der Waals surface area contributed by atoms with Crippen molar-refractivity contribution in [2.75, 3.05) is 17.6 Å². The van der Waals surface area contributed by atoms with E-state index in [9.17, 15) is 9.59 Å². The normalized spacial score (nSPS) is 18.5. The number of nitrogens with zero attached hydrogens (tertiary/aromatic N) is 4. The van der Waals surface area contributed by atoms with E-state index in [1.165, 1.54) is 6.92 Å². The van der Waals surface area contributed by atoms with Gasteiger partial charge in [0.15, 0.2) is 5.65 Å². The van der Waals surface area contributed by atoms with Crippen molar-refractivity contribution in [3.8, 4) is 0 Å². The average molecular weight is 662 g/mol. The van der Waals surface area contributed by atoms with Gasteiger partial charge in [-0.2, -0.15) is 5.10 Å². The monoisotopic (exact) mass is 661 g/mol. The maximum absolute atomic E-state index is 14.1. The minimum absolute atomic E-state index is 0.243. The largest absolute Gasteiger partial charge is 0.344 e. The van der Waals surface area contributed by atoms with Crippen LogP contribution in [0.4, 0.5) is 5.69 Å². The number of benzene rings is 3. The zero-order valence-corrected chi connectivity index (χ0v) is 28.5. The Labute approximate surface area is 286 Å². The van der Waals surface area contributed by atoms with Crippen LogP contribution in [0.15, 0.2) is 102 Å². The Morgan fingerprint density at radius 3 is 2.38 bits per heavy atom. The molecule has 0 spiro atoms. The van der Waals surface area contributed by atoms with Crippen LogP contribution < -0.4 is 16.0 Å². The standard InChI is InChI=1S/C38H43N7O2S/c1-25-31(23-48-38-32-22-42-45(3)36(32)40-24-41-38)20-27(21-39-25)18-19-28-12-10-11-17-33(28)44-37(47)35(43-26(2)46)34(29-13-6-4-7-14-29)30-15-8-5-9-16-30/h4-17,22,24-25,27,31,34-35,39H,18-21,23H2,1-3H3,(H,43,46)(H,44,47)/t25-,27+,31-,35+/m1/s1. The van der Waals surface area contributed by atoms with Gasteiger partial charge in [0.2, 0.25) is 11.8 Å². The van der Waals surface area contributed by atoms with Gasteiger partial charge in [0.1, 0.15) is 17.4 Å². The van der Waals surface area contributed by atoms with Gasteiger partial charge >= 0.3 is 0 Å². The third kappa shape index (κ3) is 7.94. The predicted octanol–water partition coefficient (Wildman–Crippen LogP) is 5.98. The lowest BCUT2D eigenvalue weighted by Gasteiger charge is -2.35. The lowest BCUT2D eigenvalue weighted by Crippen LogP contribution is -2.47. The molecule has 1 aliphatic rings. The number of hydrogen-bond acceptors (Lipinski definition) is 7. The summed E-state index contributed by atoms with van der Waals surface area (Å²) < 4.78 is 1.78. The number of anilines is 1. The third-order valence-electron chi connectivity index (χ3n) is 9.39.